The van der Waals surface area contributed by atoms with E-state index in [1.807, 2.05) is 0 Å². The molecule has 0 radical (unpaired) electrons. The van der Waals surface area contributed by atoms with E-state index in [4.69, 9.17) is 0 Å². The number of allylic oxidation sites excluding steroid dienone is 8. The summed E-state index contributed by atoms with van der Waals surface area (Å²) >= 11 is 0. The lowest BCUT2D eigenvalue weighted by Gasteiger charge is -2.02. The van der Waals surface area contributed by atoms with Crippen molar-refractivity contribution in [2.45, 2.75) is 19.8 Å². The van der Waals surface area contributed by atoms with Gasteiger partial charge in [0.15, 0.2) is 0 Å². The molecular formula is C11H12. The summed E-state index contributed by atoms with van der Waals surface area (Å²) in [7, 11) is 0. The molecule has 2 aliphatic carbocycles. The van der Waals surface area contributed by atoms with Gasteiger partial charge in [-0.1, -0.05) is 36.0 Å². The van der Waals surface area contributed by atoms with Gasteiger partial charge in [0.25, 0.3) is 0 Å². The lowest BCUT2D eigenvalue weighted by atomic mass is 10.0. The molecule has 0 saturated heterocycles. The molecule has 0 bridgehead atoms. The van der Waals surface area contributed by atoms with Gasteiger partial charge < -0.3 is 0 Å². The fraction of sp³-hybridized carbons (Fsp3) is 0.273. The van der Waals surface area contributed by atoms with E-state index in [0.717, 1.165) is 12.8 Å². The van der Waals surface area contributed by atoms with Gasteiger partial charge in [0.05, 0.1) is 0 Å². The van der Waals surface area contributed by atoms with Crippen LogP contribution >= 0.6 is 0 Å². The zero-order valence-electron chi connectivity index (χ0n) is 6.80. The molecule has 0 heteroatoms. The molecule has 0 amide bonds. The van der Waals surface area contributed by atoms with Crippen molar-refractivity contribution in [2.75, 3.05) is 0 Å². The molecule has 0 spiro atoms. The first-order valence-corrected chi connectivity index (χ1v) is 4.10. The molecule has 0 aliphatic heterocycles. The fourth-order valence-corrected chi connectivity index (χ4v) is 1.64. The number of hydrogen-bond donors (Lipinski definition) is 0. The Bertz CT molecular complexity index is 285. The van der Waals surface area contributed by atoms with Crippen LogP contribution in [-0.2, 0) is 0 Å². The zero-order valence-corrected chi connectivity index (χ0v) is 6.80. The Morgan fingerprint density at radius 2 is 2.09 bits per heavy atom. The summed E-state index contributed by atoms with van der Waals surface area (Å²) in [6, 6.07) is 0. The van der Waals surface area contributed by atoms with Gasteiger partial charge in [0.2, 0.25) is 0 Å². The first-order chi connectivity index (χ1) is 5.38. The summed E-state index contributed by atoms with van der Waals surface area (Å²) in [5.41, 5.74) is 4.47. The minimum Gasteiger partial charge on any atom is -0.0804 e. The third-order valence-electron chi connectivity index (χ3n) is 2.32. The molecule has 11 heavy (non-hydrogen) atoms. The molecule has 0 saturated carbocycles. The lowest BCUT2D eigenvalue weighted by Crippen LogP contribution is -1.83. The standard InChI is InChI=1S/C11H12/c1-9-5-2-3-6-10-7-4-8-11(9)10/h2-4,6-7H,5,8H2,1H3. The smallest absolute Gasteiger partial charge is 0.00886 e. The highest BCUT2D eigenvalue weighted by molar-refractivity contribution is 5.51. The van der Waals surface area contributed by atoms with Crippen molar-refractivity contribution in [3.63, 3.8) is 0 Å². The summed E-state index contributed by atoms with van der Waals surface area (Å²) in [6.45, 7) is 2.23. The highest BCUT2D eigenvalue weighted by Crippen LogP contribution is 2.29. The van der Waals surface area contributed by atoms with Crippen molar-refractivity contribution in [1.82, 2.24) is 0 Å². The second-order valence-electron chi connectivity index (χ2n) is 3.12. The molecule has 0 aromatic carbocycles. The SMILES string of the molecule is CC1=C2CC=CC2=CC=CC1. The van der Waals surface area contributed by atoms with Crippen LogP contribution in [-0.4, -0.2) is 0 Å². The normalized spacial score (nSPS) is 21.7. The Hall–Kier alpha value is -1.04. The van der Waals surface area contributed by atoms with Crippen molar-refractivity contribution in [3.8, 4) is 0 Å². The molecule has 0 aromatic heterocycles. The Morgan fingerprint density at radius 3 is 3.00 bits per heavy atom. The first kappa shape index (κ1) is 6.66. The third-order valence-corrected chi connectivity index (χ3v) is 2.32. The van der Waals surface area contributed by atoms with Crippen molar-refractivity contribution in [2.24, 2.45) is 0 Å². The molecule has 2 rings (SSSR count). The van der Waals surface area contributed by atoms with Crippen LogP contribution in [0.4, 0.5) is 0 Å². The maximum atomic E-state index is 2.24. The van der Waals surface area contributed by atoms with Gasteiger partial charge in [-0.05, 0) is 30.9 Å². The summed E-state index contributed by atoms with van der Waals surface area (Å²) in [5, 5.41) is 0. The molecule has 0 heterocycles. The van der Waals surface area contributed by atoms with E-state index in [0.29, 0.717) is 0 Å². The van der Waals surface area contributed by atoms with Crippen LogP contribution in [0.3, 0.4) is 0 Å². The number of fused-ring (bicyclic) bond motifs is 1. The molecule has 0 N–H and O–H groups in total. The Labute approximate surface area is 67.6 Å². The topological polar surface area (TPSA) is 0 Å². The van der Waals surface area contributed by atoms with E-state index in [-0.39, 0.29) is 0 Å². The number of rotatable bonds is 0. The van der Waals surface area contributed by atoms with Crippen LogP contribution < -0.4 is 0 Å². The van der Waals surface area contributed by atoms with Crippen molar-refractivity contribution in [3.05, 3.63) is 47.1 Å². The van der Waals surface area contributed by atoms with Crippen molar-refractivity contribution >= 4 is 0 Å². The van der Waals surface area contributed by atoms with E-state index in [1.54, 1.807) is 0 Å². The van der Waals surface area contributed by atoms with E-state index in [2.05, 4.69) is 37.3 Å². The van der Waals surface area contributed by atoms with E-state index < -0.39 is 0 Å². The summed E-state index contributed by atoms with van der Waals surface area (Å²) in [4.78, 5) is 0. The van der Waals surface area contributed by atoms with Gasteiger partial charge in [0.1, 0.15) is 0 Å². The molecule has 0 unspecified atom stereocenters. The summed E-state index contributed by atoms with van der Waals surface area (Å²) in [6.07, 6.45) is 13.3. The first-order valence-electron chi connectivity index (χ1n) is 4.10. The predicted molar refractivity (Wildman–Crippen MR) is 48.3 cm³/mol. The zero-order chi connectivity index (χ0) is 7.68. The summed E-state index contributed by atoms with van der Waals surface area (Å²) in [5.74, 6) is 0. The molecule has 0 fully saturated rings. The molecule has 0 atom stereocenters. The second-order valence-corrected chi connectivity index (χ2v) is 3.12. The van der Waals surface area contributed by atoms with Gasteiger partial charge in [-0.25, -0.2) is 0 Å². The maximum absolute atomic E-state index is 2.24. The minimum atomic E-state index is 1.12. The third kappa shape index (κ3) is 1.09. The van der Waals surface area contributed by atoms with Gasteiger partial charge in [-0.3, -0.25) is 0 Å². The van der Waals surface area contributed by atoms with Crippen molar-refractivity contribution in [1.29, 1.82) is 0 Å². The molecule has 2 aliphatic rings. The minimum absolute atomic E-state index is 1.12. The average Bonchev–Trinajstić information content (AvgIpc) is 2.40. The van der Waals surface area contributed by atoms with Crippen molar-refractivity contribution < 1.29 is 0 Å². The van der Waals surface area contributed by atoms with Gasteiger partial charge in [-0.15, -0.1) is 0 Å². The maximum Gasteiger partial charge on any atom is -0.00886 e. The highest BCUT2D eigenvalue weighted by atomic mass is 14.2. The second kappa shape index (κ2) is 2.54. The molecular weight excluding hydrogens is 132 g/mol. The monoisotopic (exact) mass is 144 g/mol. The van der Waals surface area contributed by atoms with Crippen LogP contribution in [0.2, 0.25) is 0 Å². The van der Waals surface area contributed by atoms with Crippen LogP contribution in [0.25, 0.3) is 0 Å². The van der Waals surface area contributed by atoms with Gasteiger partial charge in [0, 0.05) is 0 Å². The number of hydrogen-bond acceptors (Lipinski definition) is 0. The highest BCUT2D eigenvalue weighted by Gasteiger charge is 2.10. The van der Waals surface area contributed by atoms with E-state index in [9.17, 15) is 0 Å². The van der Waals surface area contributed by atoms with Crippen LogP contribution in [0.15, 0.2) is 47.1 Å². The van der Waals surface area contributed by atoms with Gasteiger partial charge >= 0.3 is 0 Å². The molecule has 0 nitrogen and oxygen atoms in total. The quantitative estimate of drug-likeness (QED) is 0.490. The Morgan fingerprint density at radius 1 is 1.18 bits per heavy atom. The Balaban J connectivity index is 2.48. The van der Waals surface area contributed by atoms with Crippen LogP contribution in [0.1, 0.15) is 19.8 Å². The van der Waals surface area contributed by atoms with Gasteiger partial charge in [-0.2, -0.15) is 0 Å². The fourth-order valence-electron chi connectivity index (χ4n) is 1.64. The lowest BCUT2D eigenvalue weighted by molar-refractivity contribution is 1.13. The summed E-state index contributed by atoms with van der Waals surface area (Å²) < 4.78 is 0. The van der Waals surface area contributed by atoms with E-state index >= 15 is 0 Å². The van der Waals surface area contributed by atoms with Crippen LogP contribution in [0, 0.1) is 0 Å². The van der Waals surface area contributed by atoms with Crippen LogP contribution in [0.5, 0.6) is 0 Å². The molecule has 0 aromatic rings. The largest absolute Gasteiger partial charge is 0.0804 e. The van der Waals surface area contributed by atoms with E-state index in [1.165, 1.54) is 16.7 Å². The predicted octanol–water partition coefficient (Wildman–Crippen LogP) is 3.15. The molecule has 56 valence electrons. The average molecular weight is 144 g/mol. The Kier molecular flexibility index (Phi) is 1.54.